The fourth-order valence-corrected chi connectivity index (χ4v) is 12.3. The third kappa shape index (κ3) is 11.5. The fourth-order valence-electron chi connectivity index (χ4n) is 12.3. The summed E-state index contributed by atoms with van der Waals surface area (Å²) in [4.78, 5) is 92.9. The van der Waals surface area contributed by atoms with Gasteiger partial charge in [-0.1, -0.05) is 27.7 Å². The van der Waals surface area contributed by atoms with Crippen LogP contribution in [0.3, 0.4) is 0 Å². The summed E-state index contributed by atoms with van der Waals surface area (Å²) in [7, 11) is 8.85. The van der Waals surface area contributed by atoms with Gasteiger partial charge < -0.3 is 48.9 Å². The van der Waals surface area contributed by atoms with Crippen molar-refractivity contribution in [3.8, 4) is 34.5 Å². The number of imide groups is 1. The second-order valence-corrected chi connectivity index (χ2v) is 18.8. The lowest BCUT2D eigenvalue weighted by Gasteiger charge is -2.52. The van der Waals surface area contributed by atoms with Crippen molar-refractivity contribution in [2.45, 2.75) is 66.2 Å². The summed E-state index contributed by atoms with van der Waals surface area (Å²) in [5.74, 6) is -7.33. The molecule has 0 radical (unpaired) electrons. The van der Waals surface area contributed by atoms with Crippen LogP contribution in [0, 0.1) is 59.2 Å². The molecule has 18 heteroatoms. The summed E-state index contributed by atoms with van der Waals surface area (Å²) in [5.41, 5.74) is 0.627. The number of benzene rings is 2. The number of halogens is 1. The van der Waals surface area contributed by atoms with Gasteiger partial charge in [0.2, 0.25) is 35.1 Å². The summed E-state index contributed by atoms with van der Waals surface area (Å²) >= 11 is 0. The van der Waals surface area contributed by atoms with Gasteiger partial charge in [0.25, 0.3) is 0 Å². The molecule has 0 aromatic heterocycles. The Bertz CT molecular complexity index is 1980. The minimum atomic E-state index is -1.04. The number of carbonyl (C=O) groups excluding carboxylic acids is 6. The molecule has 0 heterocycles. The van der Waals surface area contributed by atoms with Gasteiger partial charge in [0.15, 0.2) is 34.6 Å². The number of fused-ring (bicyclic) bond motifs is 6. The number of carbonyl (C=O) groups is 6. The van der Waals surface area contributed by atoms with Crippen LogP contribution in [0.5, 0.6) is 34.5 Å². The van der Waals surface area contributed by atoms with Crippen LogP contribution >= 0.6 is 12.4 Å². The zero-order chi connectivity index (χ0) is 50.1. The second kappa shape index (κ2) is 25.3. The number of ketones is 2. The van der Waals surface area contributed by atoms with E-state index in [0.717, 1.165) is 26.2 Å². The van der Waals surface area contributed by atoms with Crippen molar-refractivity contribution >= 4 is 47.6 Å². The van der Waals surface area contributed by atoms with Crippen LogP contribution in [0.25, 0.3) is 0 Å². The Labute approximate surface area is 419 Å². The largest absolute Gasteiger partial charge is 0.493 e. The molecule has 6 saturated carbocycles. The Hall–Kier alpha value is -5.13. The average Bonchev–Trinajstić information content (AvgIpc) is 3.38. The van der Waals surface area contributed by atoms with Crippen molar-refractivity contribution in [3.05, 3.63) is 35.4 Å². The molecule has 3 N–H and O–H groups in total. The summed E-state index contributed by atoms with van der Waals surface area (Å²) in [6.07, 6.45) is 2.97. The zero-order valence-corrected chi connectivity index (χ0v) is 43.5. The maximum absolute atomic E-state index is 15.2. The number of amides is 4. The van der Waals surface area contributed by atoms with Crippen molar-refractivity contribution in [2.75, 3.05) is 95.0 Å². The molecule has 2 aromatic carbocycles. The van der Waals surface area contributed by atoms with Crippen LogP contribution in [0.4, 0.5) is 0 Å². The Kier molecular flexibility index (Phi) is 20.2. The van der Waals surface area contributed by atoms with E-state index in [4.69, 9.17) is 28.4 Å². The molecule has 8 rings (SSSR count). The van der Waals surface area contributed by atoms with E-state index in [1.54, 1.807) is 24.3 Å². The Morgan fingerprint density at radius 3 is 1.10 bits per heavy atom. The van der Waals surface area contributed by atoms with E-state index >= 15 is 9.59 Å². The van der Waals surface area contributed by atoms with Crippen LogP contribution in [-0.4, -0.2) is 140 Å². The summed E-state index contributed by atoms with van der Waals surface area (Å²) in [6, 6.07) is 6.40. The van der Waals surface area contributed by atoms with Crippen molar-refractivity contribution in [1.29, 1.82) is 0 Å². The molecule has 388 valence electrons. The third-order valence-electron chi connectivity index (χ3n) is 15.9. The molecule has 0 spiro atoms. The summed E-state index contributed by atoms with van der Waals surface area (Å²) in [6.45, 7) is 13.4. The summed E-state index contributed by atoms with van der Waals surface area (Å²) < 4.78 is 33.4. The predicted molar refractivity (Wildman–Crippen MR) is 265 cm³/mol. The van der Waals surface area contributed by atoms with Crippen molar-refractivity contribution in [1.82, 2.24) is 25.8 Å². The molecule has 17 nitrogen and oxygen atoms in total. The first kappa shape index (κ1) is 55.8. The summed E-state index contributed by atoms with van der Waals surface area (Å²) in [5, 5.41) is 8.95. The molecule has 6 fully saturated rings. The molecule has 6 aliphatic carbocycles. The first-order chi connectivity index (χ1) is 33.3. The van der Waals surface area contributed by atoms with Gasteiger partial charge in [0.05, 0.1) is 66.3 Å². The number of ether oxygens (including phenoxy) is 6. The molecule has 0 saturated heterocycles. The highest BCUT2D eigenvalue weighted by molar-refractivity contribution is 6.05. The number of nitrogens with zero attached hydrogens (tertiary/aromatic N) is 2. The van der Waals surface area contributed by atoms with E-state index < -0.39 is 59.2 Å². The number of Topliss-reactive ketones (excluding diaryl/α,β-unsaturated/α-hetero) is 2. The number of hydrogen-bond acceptors (Lipinski definition) is 14. The number of methoxy groups -OCH3 is 6. The minimum absolute atomic E-state index is 0. The number of hydrogen-bond donors (Lipinski definition) is 3. The molecule has 6 aliphatic rings. The maximum Gasteiger partial charge on any atom is 0.230 e. The molecule has 10 unspecified atom stereocenters. The lowest BCUT2D eigenvalue weighted by atomic mass is 9.52. The highest BCUT2D eigenvalue weighted by Crippen LogP contribution is 2.55. The molecule has 4 bridgehead atoms. The van der Waals surface area contributed by atoms with E-state index in [0.29, 0.717) is 110 Å². The van der Waals surface area contributed by atoms with Gasteiger partial charge in [-0.2, -0.15) is 0 Å². The Morgan fingerprint density at radius 2 is 0.814 bits per heavy atom. The molecule has 2 aromatic rings. The minimum Gasteiger partial charge on any atom is -0.493 e. The van der Waals surface area contributed by atoms with Gasteiger partial charge in [0.1, 0.15) is 0 Å². The standard InChI is InChI=1S/C52H75N5O12.ClH/c1-11-56(12-2)21-19-53-49(60)41-29-15-17-33(35(23-29)45(58)31-25-37(64-5)47(68-9)38(26-31)65-6)43(41)51(62)55-52(63)44-34-18-16-30(42(44)50(61)54-20-22-57(13-3)14-4)24-36(34)46(59)32-27-39(66-7)48(69-10)40(28-32)67-8;/h25-30,33-36,41-44H,11-24H2,1-10H3,(H,53,60)(H,54,61)(H,55,62,63);1H. The van der Waals surface area contributed by atoms with Crippen LogP contribution in [0.1, 0.15) is 86.9 Å². The van der Waals surface area contributed by atoms with Gasteiger partial charge in [0, 0.05) is 49.1 Å². The molecule has 70 heavy (non-hydrogen) atoms. The van der Waals surface area contributed by atoms with Gasteiger partial charge >= 0.3 is 0 Å². The number of likely N-dealkylation sites (N-methyl/N-ethyl adjacent to an activating group) is 2. The molecular formula is C52H76ClN5O12. The van der Waals surface area contributed by atoms with E-state index in [-0.39, 0.29) is 47.6 Å². The topological polar surface area (TPSA) is 200 Å². The Balaban J connectivity index is 0.00000913. The molecular weight excluding hydrogens is 922 g/mol. The smallest absolute Gasteiger partial charge is 0.230 e. The van der Waals surface area contributed by atoms with Crippen LogP contribution < -0.4 is 44.4 Å². The highest BCUT2D eigenvalue weighted by Gasteiger charge is 2.59. The molecule has 0 aliphatic heterocycles. The number of nitrogens with one attached hydrogen (secondary N) is 3. The van der Waals surface area contributed by atoms with Gasteiger partial charge in [-0.15, -0.1) is 12.4 Å². The van der Waals surface area contributed by atoms with Crippen molar-refractivity contribution in [2.24, 2.45) is 59.2 Å². The first-order valence-corrected chi connectivity index (χ1v) is 24.8. The second-order valence-electron chi connectivity index (χ2n) is 18.8. The maximum atomic E-state index is 15.2. The van der Waals surface area contributed by atoms with Crippen molar-refractivity contribution in [3.63, 3.8) is 0 Å². The number of rotatable bonds is 24. The SMILES string of the molecule is CCN(CC)CCNC(=O)C1C2CCC(C(C(=O)c3cc(OC)c(OC)c(OC)c3)C2)C1C(=O)NC(=O)C1C2CCC(CC2C(=O)c2cc(OC)c(OC)c(OC)c2)C1C(=O)NCCN(CC)CC.Cl. The zero-order valence-electron chi connectivity index (χ0n) is 42.7. The van der Waals surface area contributed by atoms with Crippen molar-refractivity contribution < 1.29 is 57.2 Å². The normalized spacial score (nSPS) is 25.3. The molecule has 10 atom stereocenters. The molecule has 4 amide bonds. The van der Waals surface area contributed by atoms with Gasteiger partial charge in [-0.25, -0.2) is 0 Å². The predicted octanol–water partition coefficient (Wildman–Crippen LogP) is 5.34. The van der Waals surface area contributed by atoms with E-state index in [2.05, 4.69) is 53.4 Å². The average molecular weight is 999 g/mol. The van der Waals surface area contributed by atoms with Gasteiger partial charge in [-0.05, 0) is 113 Å². The van der Waals surface area contributed by atoms with Crippen LogP contribution in [0.2, 0.25) is 0 Å². The highest BCUT2D eigenvalue weighted by atomic mass is 35.5. The lowest BCUT2D eigenvalue weighted by molar-refractivity contribution is -0.155. The van der Waals surface area contributed by atoms with Gasteiger partial charge in [-0.3, -0.25) is 34.1 Å². The monoisotopic (exact) mass is 998 g/mol. The fraction of sp³-hybridized carbons (Fsp3) is 0.654. The quantitative estimate of drug-likeness (QED) is 0.0899. The third-order valence-corrected chi connectivity index (χ3v) is 15.9. The first-order valence-electron chi connectivity index (χ1n) is 24.8. The lowest BCUT2D eigenvalue weighted by Crippen LogP contribution is -2.61. The van der Waals surface area contributed by atoms with E-state index in [9.17, 15) is 19.2 Å². The van der Waals surface area contributed by atoms with E-state index in [1.807, 2.05) is 0 Å². The van der Waals surface area contributed by atoms with Crippen LogP contribution in [-0.2, 0) is 19.2 Å². The van der Waals surface area contributed by atoms with Crippen LogP contribution in [0.15, 0.2) is 24.3 Å². The Morgan fingerprint density at radius 1 is 0.486 bits per heavy atom. The van der Waals surface area contributed by atoms with E-state index in [1.165, 1.54) is 42.7 Å².